The highest BCUT2D eigenvalue weighted by Gasteiger charge is 2.26. The van der Waals surface area contributed by atoms with Gasteiger partial charge in [-0.15, -0.1) is 11.3 Å². The van der Waals surface area contributed by atoms with E-state index in [9.17, 15) is 4.79 Å². The lowest BCUT2D eigenvalue weighted by Gasteiger charge is -2.32. The lowest BCUT2D eigenvalue weighted by atomic mass is 9.72. The summed E-state index contributed by atoms with van der Waals surface area (Å²) in [6, 6.07) is 22.3. The van der Waals surface area contributed by atoms with Crippen LogP contribution in [0, 0.1) is 5.41 Å². The van der Waals surface area contributed by atoms with E-state index in [1.54, 1.807) is 11.3 Å². The van der Waals surface area contributed by atoms with Crippen molar-refractivity contribution in [2.45, 2.75) is 47.0 Å². The van der Waals surface area contributed by atoms with Gasteiger partial charge in [-0.2, -0.15) is 0 Å². The number of benzene rings is 3. The second kappa shape index (κ2) is 9.91. The van der Waals surface area contributed by atoms with Crippen molar-refractivity contribution in [3.05, 3.63) is 106 Å². The van der Waals surface area contributed by atoms with Crippen molar-refractivity contribution in [2.24, 2.45) is 5.41 Å². The van der Waals surface area contributed by atoms with E-state index in [0.717, 1.165) is 26.5 Å². The molecule has 1 N–H and O–H groups in total. The molecule has 1 aliphatic carbocycles. The van der Waals surface area contributed by atoms with Gasteiger partial charge in [0.1, 0.15) is 0 Å². The van der Waals surface area contributed by atoms with E-state index in [0.29, 0.717) is 5.56 Å². The number of allylic oxidation sites excluding steroid dienone is 5. The second-order valence-electron chi connectivity index (χ2n) is 10.5. The van der Waals surface area contributed by atoms with Crippen molar-refractivity contribution in [3.8, 4) is 0 Å². The molecule has 2 nitrogen and oxygen atoms in total. The van der Waals surface area contributed by atoms with Crippen molar-refractivity contribution in [2.75, 3.05) is 5.32 Å². The summed E-state index contributed by atoms with van der Waals surface area (Å²) in [6.45, 7) is 9.15. The predicted molar refractivity (Wildman–Crippen MR) is 157 cm³/mol. The molecule has 36 heavy (non-hydrogen) atoms. The van der Waals surface area contributed by atoms with E-state index in [2.05, 4.69) is 69.4 Å². The van der Waals surface area contributed by atoms with Crippen molar-refractivity contribution in [1.29, 1.82) is 0 Å². The third kappa shape index (κ3) is 5.08. The molecule has 0 fully saturated rings. The number of carbonyl (C=O) groups excluding carboxylic acids is 1. The summed E-state index contributed by atoms with van der Waals surface area (Å²) < 4.78 is 1.12. The highest BCUT2D eigenvalue weighted by Crippen LogP contribution is 2.41. The van der Waals surface area contributed by atoms with Crippen LogP contribution in [0.25, 0.3) is 26.9 Å². The molecule has 3 heteroatoms. The summed E-state index contributed by atoms with van der Waals surface area (Å²) in [5.41, 5.74) is 6.00. The van der Waals surface area contributed by atoms with Gasteiger partial charge in [0.15, 0.2) is 0 Å². The average Bonchev–Trinajstić information content (AvgIpc) is 3.25. The fourth-order valence-corrected chi connectivity index (χ4v) is 6.41. The maximum absolute atomic E-state index is 13.1. The Balaban J connectivity index is 1.36. The lowest BCUT2D eigenvalue weighted by Crippen LogP contribution is -2.19. The van der Waals surface area contributed by atoms with Crippen LogP contribution in [0.2, 0.25) is 0 Å². The van der Waals surface area contributed by atoms with Crippen molar-refractivity contribution >= 4 is 49.9 Å². The van der Waals surface area contributed by atoms with Crippen LogP contribution in [0.5, 0.6) is 0 Å². The molecule has 182 valence electrons. The van der Waals surface area contributed by atoms with Crippen LogP contribution in [-0.2, 0) is 0 Å². The Morgan fingerprint density at radius 1 is 1.00 bits per heavy atom. The minimum Gasteiger partial charge on any atom is -0.321 e. The number of nitrogens with one attached hydrogen (secondary N) is 1. The van der Waals surface area contributed by atoms with Gasteiger partial charge in [-0.05, 0) is 90.8 Å². The zero-order valence-electron chi connectivity index (χ0n) is 21.5. The first kappa shape index (κ1) is 24.3. The molecule has 0 aliphatic heterocycles. The van der Waals surface area contributed by atoms with Crippen molar-refractivity contribution in [1.82, 2.24) is 0 Å². The minimum atomic E-state index is -0.0865. The van der Waals surface area contributed by atoms with Gasteiger partial charge in [-0.1, -0.05) is 74.0 Å². The topological polar surface area (TPSA) is 29.1 Å². The number of carbonyl (C=O) groups is 1. The molecule has 5 rings (SSSR count). The number of amides is 1. The van der Waals surface area contributed by atoms with E-state index in [1.165, 1.54) is 40.9 Å². The van der Waals surface area contributed by atoms with Gasteiger partial charge in [-0.25, -0.2) is 0 Å². The SMILES string of the molecule is CC1=C(/C=C/C(C)=C/c2cc3ccc(C(=O)Nc4cccc5ccccc45)cc3s2)C(C)(C)CCC1. The Kier molecular flexibility index (Phi) is 6.68. The van der Waals surface area contributed by atoms with Crippen LogP contribution >= 0.6 is 11.3 Å². The Labute approximate surface area is 218 Å². The maximum Gasteiger partial charge on any atom is 0.255 e. The zero-order valence-corrected chi connectivity index (χ0v) is 22.3. The van der Waals surface area contributed by atoms with Crippen LogP contribution in [0.15, 0.2) is 95.6 Å². The van der Waals surface area contributed by atoms with Crippen LogP contribution in [0.4, 0.5) is 5.69 Å². The summed E-state index contributed by atoms with van der Waals surface area (Å²) >= 11 is 1.73. The minimum absolute atomic E-state index is 0.0865. The summed E-state index contributed by atoms with van der Waals surface area (Å²) in [5, 5.41) is 6.43. The molecule has 0 radical (unpaired) electrons. The monoisotopic (exact) mass is 491 g/mol. The highest BCUT2D eigenvalue weighted by molar-refractivity contribution is 7.19. The van der Waals surface area contributed by atoms with Crippen LogP contribution in [0.3, 0.4) is 0 Å². The van der Waals surface area contributed by atoms with Gasteiger partial charge in [-0.3, -0.25) is 4.79 Å². The Bertz CT molecular complexity index is 1540. The first-order chi connectivity index (χ1) is 17.3. The van der Waals surface area contributed by atoms with Gasteiger partial charge in [0.25, 0.3) is 5.91 Å². The summed E-state index contributed by atoms with van der Waals surface area (Å²) in [6.07, 6.45) is 10.6. The van der Waals surface area contributed by atoms with Gasteiger partial charge < -0.3 is 5.32 Å². The second-order valence-corrected chi connectivity index (χ2v) is 11.7. The summed E-state index contributed by atoms with van der Waals surface area (Å²) in [7, 11) is 0. The first-order valence-electron chi connectivity index (χ1n) is 12.7. The number of hydrogen-bond donors (Lipinski definition) is 1. The molecule has 0 bridgehead atoms. The standard InChI is InChI=1S/C33H33NOS/c1-22(14-17-29-23(2)9-8-18-33(29,3)4)19-27-20-25-15-16-26(21-31(25)36-27)32(35)34-30-13-7-11-24-10-5-6-12-28(24)30/h5-7,10-17,19-21H,8-9,18H2,1-4H3,(H,34,35)/b17-14+,22-19+. The number of anilines is 1. The maximum atomic E-state index is 13.1. The predicted octanol–water partition coefficient (Wildman–Crippen LogP) is 9.79. The van der Waals surface area contributed by atoms with E-state index in [4.69, 9.17) is 0 Å². The molecule has 3 aromatic carbocycles. The molecule has 4 aromatic rings. The quantitative estimate of drug-likeness (QED) is 0.277. The summed E-state index contributed by atoms with van der Waals surface area (Å²) in [5.74, 6) is -0.0865. The van der Waals surface area contributed by atoms with Crippen molar-refractivity contribution in [3.63, 3.8) is 0 Å². The zero-order chi connectivity index (χ0) is 25.3. The molecule has 0 saturated carbocycles. The number of thiophene rings is 1. The van der Waals surface area contributed by atoms with Gasteiger partial charge in [0.05, 0.1) is 0 Å². The largest absolute Gasteiger partial charge is 0.321 e. The lowest BCUT2D eigenvalue weighted by molar-refractivity contribution is 0.102. The van der Waals surface area contributed by atoms with Crippen LogP contribution in [0.1, 0.15) is 62.2 Å². The molecular weight excluding hydrogens is 458 g/mol. The normalized spacial score (nSPS) is 16.3. The van der Waals surface area contributed by atoms with Gasteiger partial charge in [0, 0.05) is 26.2 Å². The highest BCUT2D eigenvalue weighted by atomic mass is 32.1. The molecule has 0 saturated heterocycles. The fourth-order valence-electron chi connectivity index (χ4n) is 5.29. The number of hydrogen-bond acceptors (Lipinski definition) is 2. The number of rotatable bonds is 5. The van der Waals surface area contributed by atoms with Gasteiger partial charge >= 0.3 is 0 Å². The summed E-state index contributed by atoms with van der Waals surface area (Å²) in [4.78, 5) is 14.3. The van der Waals surface area contributed by atoms with Crippen molar-refractivity contribution < 1.29 is 4.79 Å². The number of fused-ring (bicyclic) bond motifs is 2. The van der Waals surface area contributed by atoms with Crippen LogP contribution < -0.4 is 5.32 Å². The molecule has 1 aliphatic rings. The molecule has 0 spiro atoms. The van der Waals surface area contributed by atoms with E-state index in [1.807, 2.05) is 48.5 Å². The third-order valence-electron chi connectivity index (χ3n) is 7.26. The Morgan fingerprint density at radius 3 is 2.64 bits per heavy atom. The first-order valence-corrected chi connectivity index (χ1v) is 13.5. The molecule has 0 atom stereocenters. The van der Waals surface area contributed by atoms with E-state index in [-0.39, 0.29) is 11.3 Å². The average molecular weight is 492 g/mol. The molecule has 0 unspecified atom stereocenters. The Hall–Kier alpha value is -3.43. The van der Waals surface area contributed by atoms with Gasteiger partial charge in [0.2, 0.25) is 0 Å². The molecule has 1 amide bonds. The molecular formula is C33H33NOS. The fraction of sp³-hybridized carbons (Fsp3) is 0.242. The van der Waals surface area contributed by atoms with Crippen LogP contribution in [-0.4, -0.2) is 5.91 Å². The van der Waals surface area contributed by atoms with E-state index >= 15 is 0 Å². The third-order valence-corrected chi connectivity index (χ3v) is 8.31. The smallest absolute Gasteiger partial charge is 0.255 e. The molecule has 1 aromatic heterocycles. The molecule has 1 heterocycles. The van der Waals surface area contributed by atoms with E-state index < -0.39 is 0 Å². The Morgan fingerprint density at radius 2 is 1.81 bits per heavy atom.